The van der Waals surface area contributed by atoms with Crippen molar-refractivity contribution in [3.05, 3.63) is 140 Å². The summed E-state index contributed by atoms with van der Waals surface area (Å²) in [4.78, 5) is 14.8. The van der Waals surface area contributed by atoms with Crippen LogP contribution in [0.5, 0.6) is 0 Å². The van der Waals surface area contributed by atoms with Crippen LogP contribution in [-0.4, -0.2) is 15.0 Å². The summed E-state index contributed by atoms with van der Waals surface area (Å²) in [6.45, 7) is 0. The van der Waals surface area contributed by atoms with Gasteiger partial charge in [-0.1, -0.05) is 109 Å². The molecule has 0 saturated carbocycles. The van der Waals surface area contributed by atoms with Gasteiger partial charge in [-0.15, -0.1) is 0 Å². The van der Waals surface area contributed by atoms with Crippen molar-refractivity contribution >= 4 is 11.0 Å². The average molecular weight is 502 g/mol. The zero-order valence-corrected chi connectivity index (χ0v) is 21.0. The van der Waals surface area contributed by atoms with Crippen LogP contribution in [0.3, 0.4) is 0 Å². The van der Waals surface area contributed by atoms with Gasteiger partial charge in [-0.05, 0) is 29.3 Å². The molecule has 7 aromatic rings. The van der Waals surface area contributed by atoms with E-state index in [1.165, 1.54) is 0 Å². The standard InChI is InChI=1S/C35H23N3O/c1-3-10-25(11-4-1)32-33(26-12-5-2-6-13-26)38-35(31-22-28-14-7-8-16-30(28)39-31)34(37-32)27-19-17-24(18-20-27)29-15-9-21-36-23-29/h1-23H. The molecule has 184 valence electrons. The molecule has 39 heavy (non-hydrogen) atoms. The largest absolute Gasteiger partial charge is 0.454 e. The number of pyridine rings is 1. The van der Waals surface area contributed by atoms with E-state index >= 15 is 0 Å². The fraction of sp³-hybridized carbons (Fsp3) is 0. The highest BCUT2D eigenvalue weighted by Crippen LogP contribution is 2.39. The summed E-state index contributed by atoms with van der Waals surface area (Å²) >= 11 is 0. The Balaban J connectivity index is 1.48. The summed E-state index contributed by atoms with van der Waals surface area (Å²) in [5.41, 5.74) is 9.06. The van der Waals surface area contributed by atoms with Crippen LogP contribution in [-0.2, 0) is 0 Å². The van der Waals surface area contributed by atoms with Gasteiger partial charge < -0.3 is 4.42 Å². The zero-order chi connectivity index (χ0) is 26.0. The fourth-order valence-corrected chi connectivity index (χ4v) is 4.86. The van der Waals surface area contributed by atoms with Gasteiger partial charge >= 0.3 is 0 Å². The van der Waals surface area contributed by atoms with Gasteiger partial charge in [0.05, 0.1) is 11.4 Å². The topological polar surface area (TPSA) is 51.8 Å². The van der Waals surface area contributed by atoms with E-state index in [0.717, 1.165) is 55.9 Å². The van der Waals surface area contributed by atoms with Crippen molar-refractivity contribution in [2.75, 3.05) is 0 Å². The van der Waals surface area contributed by atoms with E-state index in [1.807, 2.05) is 72.9 Å². The summed E-state index contributed by atoms with van der Waals surface area (Å²) < 4.78 is 6.33. The van der Waals surface area contributed by atoms with Gasteiger partial charge in [0.25, 0.3) is 0 Å². The van der Waals surface area contributed by atoms with Crippen molar-refractivity contribution in [2.45, 2.75) is 0 Å². The molecule has 4 heteroatoms. The summed E-state index contributed by atoms with van der Waals surface area (Å²) in [5, 5.41) is 1.03. The third-order valence-electron chi connectivity index (χ3n) is 6.80. The van der Waals surface area contributed by atoms with Crippen LogP contribution in [0.4, 0.5) is 0 Å². The van der Waals surface area contributed by atoms with E-state index in [1.54, 1.807) is 6.20 Å². The number of benzene rings is 4. The van der Waals surface area contributed by atoms with Gasteiger partial charge in [0.15, 0.2) is 5.76 Å². The molecule has 3 heterocycles. The number of aromatic nitrogens is 3. The van der Waals surface area contributed by atoms with Gasteiger partial charge in [0.2, 0.25) is 0 Å². The van der Waals surface area contributed by atoms with Crippen molar-refractivity contribution in [3.8, 4) is 56.4 Å². The van der Waals surface area contributed by atoms with E-state index in [0.29, 0.717) is 11.5 Å². The van der Waals surface area contributed by atoms with Crippen LogP contribution in [0, 0.1) is 0 Å². The third kappa shape index (κ3) is 4.38. The Bertz CT molecular complexity index is 1850. The van der Waals surface area contributed by atoms with E-state index in [9.17, 15) is 0 Å². The molecule has 0 amide bonds. The lowest BCUT2D eigenvalue weighted by atomic mass is 9.99. The molecule has 0 atom stereocenters. The van der Waals surface area contributed by atoms with Gasteiger partial charge in [0.1, 0.15) is 17.0 Å². The van der Waals surface area contributed by atoms with E-state index in [-0.39, 0.29) is 0 Å². The molecule has 3 aromatic heterocycles. The molecule has 0 aliphatic heterocycles. The molecule has 0 fully saturated rings. The highest BCUT2D eigenvalue weighted by molar-refractivity contribution is 5.89. The smallest absolute Gasteiger partial charge is 0.156 e. The zero-order valence-electron chi connectivity index (χ0n) is 21.0. The molecular formula is C35H23N3O. The second kappa shape index (κ2) is 9.84. The maximum atomic E-state index is 6.33. The molecule has 0 aliphatic rings. The molecule has 0 radical (unpaired) electrons. The molecule has 0 N–H and O–H groups in total. The molecule has 7 rings (SSSR count). The van der Waals surface area contributed by atoms with Crippen molar-refractivity contribution < 1.29 is 4.42 Å². The fourth-order valence-electron chi connectivity index (χ4n) is 4.86. The summed E-state index contributed by atoms with van der Waals surface area (Å²) in [7, 11) is 0. The van der Waals surface area contributed by atoms with E-state index in [4.69, 9.17) is 14.4 Å². The molecule has 0 spiro atoms. The molecule has 0 saturated heterocycles. The predicted octanol–water partition coefficient (Wildman–Crippen LogP) is 8.95. The Hall–Kier alpha value is -5.35. The highest BCUT2D eigenvalue weighted by Gasteiger charge is 2.21. The number of hydrogen-bond acceptors (Lipinski definition) is 4. The van der Waals surface area contributed by atoms with Crippen LogP contribution < -0.4 is 0 Å². The number of hydrogen-bond donors (Lipinski definition) is 0. The lowest BCUT2D eigenvalue weighted by molar-refractivity contribution is 0.628. The van der Waals surface area contributed by atoms with Gasteiger partial charge in [0, 0.05) is 34.5 Å². The van der Waals surface area contributed by atoms with Crippen molar-refractivity contribution in [2.24, 2.45) is 0 Å². The highest BCUT2D eigenvalue weighted by atomic mass is 16.3. The average Bonchev–Trinajstić information content (AvgIpc) is 3.46. The lowest BCUT2D eigenvalue weighted by Gasteiger charge is -2.15. The molecule has 4 nitrogen and oxygen atoms in total. The van der Waals surface area contributed by atoms with Crippen LogP contribution in [0.25, 0.3) is 67.3 Å². The normalized spacial score (nSPS) is 11.1. The number of para-hydroxylation sites is 1. The van der Waals surface area contributed by atoms with Crippen LogP contribution >= 0.6 is 0 Å². The second-order valence-electron chi connectivity index (χ2n) is 9.32. The quantitative estimate of drug-likeness (QED) is 0.236. The minimum atomic E-state index is 0.687. The number of nitrogens with zero attached hydrogens (tertiary/aromatic N) is 3. The molecule has 4 aromatic carbocycles. The molecule has 0 bridgehead atoms. The van der Waals surface area contributed by atoms with Crippen LogP contribution in [0.1, 0.15) is 0 Å². The summed E-state index contributed by atoms with van der Waals surface area (Å²) in [6.07, 6.45) is 3.66. The monoisotopic (exact) mass is 501 g/mol. The first-order chi connectivity index (χ1) is 19.3. The third-order valence-corrected chi connectivity index (χ3v) is 6.80. The minimum absolute atomic E-state index is 0.687. The van der Waals surface area contributed by atoms with Crippen molar-refractivity contribution in [1.82, 2.24) is 15.0 Å². The number of rotatable bonds is 5. The summed E-state index contributed by atoms with van der Waals surface area (Å²) in [6, 6.07) is 42.9. The first kappa shape index (κ1) is 22.8. The first-order valence-corrected chi connectivity index (χ1v) is 12.9. The van der Waals surface area contributed by atoms with Crippen molar-refractivity contribution in [3.63, 3.8) is 0 Å². The summed E-state index contributed by atoms with van der Waals surface area (Å²) in [5.74, 6) is 0.687. The Kier molecular flexibility index (Phi) is 5.76. The SMILES string of the molecule is c1ccc(-c2nc(-c3ccc(-c4cccnc4)cc3)c(-c3cc4ccccc4o3)nc2-c2ccccc2)cc1. The van der Waals surface area contributed by atoms with Crippen LogP contribution in [0.15, 0.2) is 144 Å². The van der Waals surface area contributed by atoms with Crippen LogP contribution in [0.2, 0.25) is 0 Å². The Morgan fingerprint density at radius 1 is 0.436 bits per heavy atom. The van der Waals surface area contributed by atoms with Crippen molar-refractivity contribution in [1.29, 1.82) is 0 Å². The van der Waals surface area contributed by atoms with Gasteiger partial charge in [-0.2, -0.15) is 0 Å². The van der Waals surface area contributed by atoms with E-state index in [2.05, 4.69) is 65.6 Å². The maximum absolute atomic E-state index is 6.33. The van der Waals surface area contributed by atoms with Gasteiger partial charge in [-0.25, -0.2) is 9.97 Å². The minimum Gasteiger partial charge on any atom is -0.454 e. The number of furan rings is 1. The molecule has 0 aliphatic carbocycles. The molecular weight excluding hydrogens is 478 g/mol. The Morgan fingerprint density at radius 3 is 1.62 bits per heavy atom. The van der Waals surface area contributed by atoms with Gasteiger partial charge in [-0.3, -0.25) is 4.98 Å². The maximum Gasteiger partial charge on any atom is 0.156 e. The molecule has 0 unspecified atom stereocenters. The second-order valence-corrected chi connectivity index (χ2v) is 9.32. The number of fused-ring (bicyclic) bond motifs is 1. The Labute approximate surface area is 226 Å². The lowest BCUT2D eigenvalue weighted by Crippen LogP contribution is -2.00. The first-order valence-electron chi connectivity index (χ1n) is 12.9. The predicted molar refractivity (Wildman–Crippen MR) is 157 cm³/mol. The van der Waals surface area contributed by atoms with E-state index < -0.39 is 0 Å². The Morgan fingerprint density at radius 2 is 0.974 bits per heavy atom.